The Labute approximate surface area is 121 Å². The van der Waals surface area contributed by atoms with Crippen LogP contribution in [0, 0.1) is 11.3 Å². The van der Waals surface area contributed by atoms with Crippen LogP contribution < -0.4 is 10.3 Å². The van der Waals surface area contributed by atoms with Crippen LogP contribution in [0.5, 0.6) is 0 Å². The highest BCUT2D eigenvalue weighted by atomic mass is 15.6. The second kappa shape index (κ2) is 4.75. The molecule has 0 amide bonds. The molecule has 1 aliphatic rings. The van der Waals surface area contributed by atoms with Crippen molar-refractivity contribution >= 4 is 22.1 Å². The van der Waals surface area contributed by atoms with E-state index in [4.69, 9.17) is 5.26 Å². The summed E-state index contributed by atoms with van der Waals surface area (Å²) in [4.78, 5) is 12.0. The first-order chi connectivity index (χ1) is 10.4. The lowest BCUT2D eigenvalue weighted by Gasteiger charge is -2.20. The van der Waals surface area contributed by atoms with Crippen LogP contribution in [-0.2, 0) is 0 Å². The molecule has 0 radical (unpaired) electrons. The highest BCUT2D eigenvalue weighted by Gasteiger charge is 2.24. The third-order valence-electron chi connectivity index (χ3n) is 4.02. The van der Waals surface area contributed by atoms with Gasteiger partial charge in [0.1, 0.15) is 23.0 Å². The van der Waals surface area contributed by atoms with E-state index in [2.05, 4.69) is 36.0 Å². The van der Waals surface area contributed by atoms with Gasteiger partial charge in [0, 0.05) is 30.7 Å². The standard InChI is InChI=1S/C14H15N7/c15-3-5-16-10-2-6-20(8-10)21-9-19-12-7-18-14-11(13(12)21)1-4-17-14/h1,4,7,9-10,16H,2,5-6,8H2,(H,17,18). The summed E-state index contributed by atoms with van der Waals surface area (Å²) in [6.45, 7) is 2.22. The number of H-pyrrole nitrogens is 1. The van der Waals surface area contributed by atoms with Gasteiger partial charge in [0.05, 0.1) is 18.8 Å². The summed E-state index contributed by atoms with van der Waals surface area (Å²) in [6, 6.07) is 4.52. The number of nitrogens with one attached hydrogen (secondary N) is 2. The van der Waals surface area contributed by atoms with Gasteiger partial charge in [0.15, 0.2) is 0 Å². The summed E-state index contributed by atoms with van der Waals surface area (Å²) >= 11 is 0. The van der Waals surface area contributed by atoms with E-state index in [-0.39, 0.29) is 0 Å². The van der Waals surface area contributed by atoms with Crippen LogP contribution in [0.2, 0.25) is 0 Å². The minimum absolute atomic E-state index is 0.352. The zero-order valence-corrected chi connectivity index (χ0v) is 11.5. The van der Waals surface area contributed by atoms with Crippen molar-refractivity contribution in [2.24, 2.45) is 0 Å². The molecule has 3 aromatic heterocycles. The lowest BCUT2D eigenvalue weighted by Crippen LogP contribution is -2.37. The zero-order chi connectivity index (χ0) is 14.2. The third kappa shape index (κ3) is 1.92. The highest BCUT2D eigenvalue weighted by Crippen LogP contribution is 2.23. The molecule has 2 N–H and O–H groups in total. The molecule has 1 fully saturated rings. The molecule has 4 heterocycles. The van der Waals surface area contributed by atoms with Gasteiger partial charge in [-0.05, 0) is 12.5 Å². The number of rotatable bonds is 3. The van der Waals surface area contributed by atoms with Crippen molar-refractivity contribution in [1.82, 2.24) is 24.9 Å². The van der Waals surface area contributed by atoms with Crippen molar-refractivity contribution in [2.45, 2.75) is 12.5 Å². The fourth-order valence-corrected chi connectivity index (χ4v) is 3.00. The minimum atomic E-state index is 0.352. The largest absolute Gasteiger partial charge is 0.346 e. The molecule has 106 valence electrons. The molecule has 1 saturated heterocycles. The second-order valence-corrected chi connectivity index (χ2v) is 5.26. The fourth-order valence-electron chi connectivity index (χ4n) is 3.00. The molecule has 4 rings (SSSR count). The number of aromatic amines is 1. The molecule has 21 heavy (non-hydrogen) atoms. The molecule has 0 aliphatic carbocycles. The predicted molar refractivity (Wildman–Crippen MR) is 79.4 cm³/mol. The first-order valence-corrected chi connectivity index (χ1v) is 7.01. The van der Waals surface area contributed by atoms with Crippen molar-refractivity contribution < 1.29 is 0 Å². The van der Waals surface area contributed by atoms with Crippen LogP contribution in [0.25, 0.3) is 22.1 Å². The fraction of sp³-hybridized carbons (Fsp3) is 0.357. The molecular formula is C14H15N7. The first kappa shape index (κ1) is 12.2. The van der Waals surface area contributed by atoms with Gasteiger partial charge in [-0.3, -0.25) is 5.32 Å². The molecule has 3 aromatic rings. The number of pyridine rings is 1. The molecule has 7 heteroatoms. The van der Waals surface area contributed by atoms with Gasteiger partial charge in [-0.25, -0.2) is 14.6 Å². The van der Waals surface area contributed by atoms with E-state index in [1.165, 1.54) is 0 Å². The topological polar surface area (TPSA) is 85.6 Å². The predicted octanol–water partition coefficient (Wildman–Crippen LogP) is 0.736. The number of fused-ring (bicyclic) bond motifs is 3. The molecule has 0 spiro atoms. The van der Waals surface area contributed by atoms with Gasteiger partial charge in [0.25, 0.3) is 0 Å². The summed E-state index contributed by atoms with van der Waals surface area (Å²) in [5.74, 6) is 0. The minimum Gasteiger partial charge on any atom is -0.346 e. The van der Waals surface area contributed by atoms with Crippen molar-refractivity contribution in [2.75, 3.05) is 24.6 Å². The Kier molecular flexibility index (Phi) is 2.75. The van der Waals surface area contributed by atoms with E-state index < -0.39 is 0 Å². The molecule has 1 unspecified atom stereocenters. The number of hydrogen-bond acceptors (Lipinski definition) is 5. The third-order valence-corrected chi connectivity index (χ3v) is 4.02. The van der Waals surface area contributed by atoms with Gasteiger partial charge in [-0.1, -0.05) is 0 Å². The number of aromatic nitrogens is 4. The zero-order valence-electron chi connectivity index (χ0n) is 11.5. The quantitative estimate of drug-likeness (QED) is 0.691. The molecule has 1 aliphatic heterocycles. The number of hydrogen-bond donors (Lipinski definition) is 2. The average Bonchev–Trinajstić information content (AvgIpc) is 3.21. The van der Waals surface area contributed by atoms with E-state index in [1.54, 1.807) is 6.20 Å². The van der Waals surface area contributed by atoms with Crippen LogP contribution in [-0.4, -0.2) is 45.3 Å². The van der Waals surface area contributed by atoms with Crippen LogP contribution in [0.3, 0.4) is 0 Å². The summed E-state index contributed by atoms with van der Waals surface area (Å²) in [5.41, 5.74) is 2.86. The van der Waals surface area contributed by atoms with Crippen LogP contribution in [0.15, 0.2) is 24.8 Å². The van der Waals surface area contributed by atoms with Crippen LogP contribution >= 0.6 is 0 Å². The second-order valence-electron chi connectivity index (χ2n) is 5.26. The van der Waals surface area contributed by atoms with Gasteiger partial charge >= 0.3 is 0 Å². The van der Waals surface area contributed by atoms with E-state index in [9.17, 15) is 0 Å². The number of nitriles is 1. The normalized spacial score (nSPS) is 18.6. The van der Waals surface area contributed by atoms with E-state index in [0.717, 1.165) is 41.6 Å². The van der Waals surface area contributed by atoms with Crippen molar-refractivity contribution in [1.29, 1.82) is 5.26 Å². The maximum atomic E-state index is 8.66. The summed E-state index contributed by atoms with van der Waals surface area (Å²) in [5, 5.41) is 15.3. The van der Waals surface area contributed by atoms with Crippen LogP contribution in [0.4, 0.5) is 0 Å². The van der Waals surface area contributed by atoms with Gasteiger partial charge in [0.2, 0.25) is 0 Å². The Balaban J connectivity index is 1.71. The number of imidazole rings is 1. The molecular weight excluding hydrogens is 266 g/mol. The Morgan fingerprint density at radius 1 is 1.48 bits per heavy atom. The van der Waals surface area contributed by atoms with E-state index >= 15 is 0 Å². The van der Waals surface area contributed by atoms with Gasteiger partial charge in [-0.15, -0.1) is 0 Å². The molecule has 0 bridgehead atoms. The summed E-state index contributed by atoms with van der Waals surface area (Å²) in [6.07, 6.45) is 6.58. The Hall–Kier alpha value is -2.59. The number of nitrogens with zero attached hydrogens (tertiary/aromatic N) is 5. The van der Waals surface area contributed by atoms with E-state index in [0.29, 0.717) is 12.6 Å². The van der Waals surface area contributed by atoms with Crippen LogP contribution in [0.1, 0.15) is 6.42 Å². The summed E-state index contributed by atoms with van der Waals surface area (Å²) < 4.78 is 2.11. The Morgan fingerprint density at radius 2 is 2.43 bits per heavy atom. The maximum absolute atomic E-state index is 8.66. The molecule has 0 aromatic carbocycles. The van der Waals surface area contributed by atoms with Gasteiger partial charge in [-0.2, -0.15) is 5.26 Å². The smallest absolute Gasteiger partial charge is 0.139 e. The highest BCUT2D eigenvalue weighted by molar-refractivity contribution is 6.01. The molecule has 0 saturated carbocycles. The molecule has 1 atom stereocenters. The maximum Gasteiger partial charge on any atom is 0.139 e. The Morgan fingerprint density at radius 3 is 3.33 bits per heavy atom. The average molecular weight is 281 g/mol. The van der Waals surface area contributed by atoms with Crippen molar-refractivity contribution in [3.8, 4) is 6.07 Å². The van der Waals surface area contributed by atoms with Crippen molar-refractivity contribution in [3.63, 3.8) is 0 Å². The Bertz CT molecular complexity index is 825. The SMILES string of the molecule is N#CCNC1CCN(n2cnc3cnc4[nH]ccc4c32)C1. The first-order valence-electron chi connectivity index (χ1n) is 7.01. The monoisotopic (exact) mass is 281 g/mol. The lowest BCUT2D eigenvalue weighted by molar-refractivity contribution is 0.577. The van der Waals surface area contributed by atoms with E-state index in [1.807, 2.05) is 18.6 Å². The van der Waals surface area contributed by atoms with Crippen molar-refractivity contribution in [3.05, 3.63) is 24.8 Å². The lowest BCUT2D eigenvalue weighted by atomic mass is 10.3. The molecule has 7 nitrogen and oxygen atoms in total. The summed E-state index contributed by atoms with van der Waals surface area (Å²) in [7, 11) is 0. The van der Waals surface area contributed by atoms with Gasteiger partial charge < -0.3 is 9.99 Å².